The van der Waals surface area contributed by atoms with Gasteiger partial charge >= 0.3 is 0 Å². The fraction of sp³-hybridized carbons (Fsp3) is 0.125. The Morgan fingerprint density at radius 1 is 1.23 bits per heavy atom. The zero-order chi connectivity index (χ0) is 15.7. The van der Waals surface area contributed by atoms with Crippen LogP contribution in [0.4, 0.5) is 5.82 Å². The number of aliphatic hydroxyl groups is 1. The highest BCUT2D eigenvalue weighted by Crippen LogP contribution is 2.39. The van der Waals surface area contributed by atoms with E-state index in [1.807, 2.05) is 0 Å². The molecule has 1 unspecified atom stereocenters. The smallest absolute Gasteiger partial charge is 0.295 e. The van der Waals surface area contributed by atoms with Crippen LogP contribution >= 0.6 is 0 Å². The number of anilines is 1. The van der Waals surface area contributed by atoms with Gasteiger partial charge in [-0.25, -0.2) is 4.98 Å². The van der Waals surface area contributed by atoms with Gasteiger partial charge in [-0.3, -0.25) is 19.5 Å². The molecule has 1 aliphatic rings. The summed E-state index contributed by atoms with van der Waals surface area (Å²) in [5.41, 5.74) is 0.694. The Labute approximate surface area is 126 Å². The molecule has 0 aliphatic carbocycles. The quantitative estimate of drug-likeness (QED) is 0.936. The van der Waals surface area contributed by atoms with Crippen molar-refractivity contribution in [1.29, 1.82) is 0 Å². The van der Waals surface area contributed by atoms with Gasteiger partial charge in [-0.2, -0.15) is 0 Å². The Kier molecular flexibility index (Phi) is 3.42. The van der Waals surface area contributed by atoms with Crippen LogP contribution in [0.25, 0.3) is 0 Å². The first-order chi connectivity index (χ1) is 10.6. The second-order valence-electron chi connectivity index (χ2n) is 4.87. The standard InChI is InChI=1S/C16H13N3O3/c1-10(20)13-14(11-5-4-7-17-9-11)19(16(22)15(13)21)12-6-2-3-8-18-12/h2-9,14,21H,1H3. The summed E-state index contributed by atoms with van der Waals surface area (Å²) in [6, 6.07) is 7.85. The predicted octanol–water partition coefficient (Wildman–Crippen LogP) is 1.97. The summed E-state index contributed by atoms with van der Waals surface area (Å²) in [7, 11) is 0. The lowest BCUT2D eigenvalue weighted by atomic mass is 9.98. The van der Waals surface area contributed by atoms with E-state index in [1.54, 1.807) is 48.9 Å². The van der Waals surface area contributed by atoms with Gasteiger partial charge in [-0.15, -0.1) is 0 Å². The van der Waals surface area contributed by atoms with E-state index in [-0.39, 0.29) is 11.4 Å². The summed E-state index contributed by atoms with van der Waals surface area (Å²) in [5, 5.41) is 10.1. The maximum Gasteiger partial charge on any atom is 0.295 e. The van der Waals surface area contributed by atoms with Crippen molar-refractivity contribution in [2.75, 3.05) is 4.90 Å². The molecule has 6 nitrogen and oxygen atoms in total. The van der Waals surface area contributed by atoms with Crippen molar-refractivity contribution >= 4 is 17.5 Å². The Balaban J connectivity index is 2.18. The topological polar surface area (TPSA) is 83.4 Å². The Morgan fingerprint density at radius 3 is 2.64 bits per heavy atom. The number of nitrogens with zero attached hydrogens (tertiary/aromatic N) is 3. The van der Waals surface area contributed by atoms with Crippen molar-refractivity contribution in [3.05, 3.63) is 65.8 Å². The monoisotopic (exact) mass is 295 g/mol. The Hall–Kier alpha value is -3.02. The van der Waals surface area contributed by atoms with Crippen molar-refractivity contribution in [2.45, 2.75) is 13.0 Å². The molecule has 0 spiro atoms. The molecule has 0 fully saturated rings. The Morgan fingerprint density at radius 2 is 2.05 bits per heavy atom. The molecular formula is C16H13N3O3. The number of amides is 1. The number of aliphatic hydroxyl groups excluding tert-OH is 1. The van der Waals surface area contributed by atoms with Gasteiger partial charge in [0.1, 0.15) is 5.82 Å². The second kappa shape index (κ2) is 5.40. The molecule has 0 radical (unpaired) electrons. The molecule has 110 valence electrons. The summed E-state index contributed by atoms with van der Waals surface area (Å²) in [4.78, 5) is 33.8. The number of carbonyl (C=O) groups excluding carboxylic acids is 2. The van der Waals surface area contributed by atoms with E-state index < -0.39 is 17.7 Å². The molecule has 0 saturated heterocycles. The van der Waals surface area contributed by atoms with Crippen LogP contribution in [0.5, 0.6) is 0 Å². The number of carbonyl (C=O) groups is 2. The first-order valence-electron chi connectivity index (χ1n) is 6.70. The number of hydrogen-bond acceptors (Lipinski definition) is 5. The third-order valence-electron chi connectivity index (χ3n) is 3.48. The van der Waals surface area contributed by atoms with Gasteiger partial charge in [-0.1, -0.05) is 12.1 Å². The average Bonchev–Trinajstić information content (AvgIpc) is 2.81. The SMILES string of the molecule is CC(=O)C1=C(O)C(=O)N(c2ccccn2)C1c1cccnc1. The average molecular weight is 295 g/mol. The normalized spacial score (nSPS) is 18.0. The van der Waals surface area contributed by atoms with Gasteiger partial charge in [0.2, 0.25) is 0 Å². The van der Waals surface area contributed by atoms with Crippen molar-refractivity contribution in [3.8, 4) is 0 Å². The lowest BCUT2D eigenvalue weighted by Gasteiger charge is -2.25. The molecule has 6 heteroatoms. The molecule has 2 aromatic heterocycles. The van der Waals surface area contributed by atoms with Crippen molar-refractivity contribution in [2.24, 2.45) is 0 Å². The molecule has 0 saturated carbocycles. The number of Topliss-reactive ketones (excluding diaryl/α,β-unsaturated/α-hetero) is 1. The van der Waals surface area contributed by atoms with Crippen molar-refractivity contribution in [3.63, 3.8) is 0 Å². The van der Waals surface area contributed by atoms with Crippen LogP contribution < -0.4 is 4.90 Å². The summed E-state index contributed by atoms with van der Waals surface area (Å²) in [6.45, 7) is 1.32. The van der Waals surface area contributed by atoms with Gasteiger partial charge < -0.3 is 5.11 Å². The summed E-state index contributed by atoms with van der Waals surface area (Å²) >= 11 is 0. The fourth-order valence-electron chi connectivity index (χ4n) is 2.55. The number of rotatable bonds is 3. The number of ketones is 1. The van der Waals surface area contributed by atoms with E-state index in [0.717, 1.165) is 0 Å². The molecule has 1 atom stereocenters. The molecule has 0 bridgehead atoms. The third kappa shape index (κ3) is 2.14. The van der Waals surface area contributed by atoms with E-state index >= 15 is 0 Å². The lowest BCUT2D eigenvalue weighted by molar-refractivity contribution is -0.117. The van der Waals surface area contributed by atoms with Gasteiger partial charge in [0.25, 0.3) is 5.91 Å². The molecule has 22 heavy (non-hydrogen) atoms. The van der Waals surface area contributed by atoms with Gasteiger partial charge in [0.05, 0.1) is 11.6 Å². The molecule has 1 N–H and O–H groups in total. The number of aromatic nitrogens is 2. The lowest BCUT2D eigenvalue weighted by Crippen LogP contribution is -2.31. The number of pyridine rings is 2. The van der Waals surface area contributed by atoms with Crippen LogP contribution in [0, 0.1) is 0 Å². The zero-order valence-electron chi connectivity index (χ0n) is 11.8. The predicted molar refractivity (Wildman–Crippen MR) is 79.0 cm³/mol. The first-order valence-corrected chi connectivity index (χ1v) is 6.70. The summed E-state index contributed by atoms with van der Waals surface area (Å²) in [5.74, 6) is -1.17. The number of hydrogen-bond donors (Lipinski definition) is 1. The minimum atomic E-state index is -0.728. The molecule has 2 aromatic rings. The van der Waals surface area contributed by atoms with E-state index in [0.29, 0.717) is 11.4 Å². The second-order valence-corrected chi connectivity index (χ2v) is 4.87. The van der Waals surface area contributed by atoms with Gasteiger partial charge in [0.15, 0.2) is 11.5 Å². The summed E-state index contributed by atoms with van der Waals surface area (Å²) in [6.07, 6.45) is 4.71. The van der Waals surface area contributed by atoms with Gasteiger partial charge in [0, 0.05) is 18.6 Å². The van der Waals surface area contributed by atoms with E-state index in [1.165, 1.54) is 11.8 Å². The van der Waals surface area contributed by atoms with E-state index in [9.17, 15) is 14.7 Å². The first kappa shape index (κ1) is 13.9. The van der Waals surface area contributed by atoms with E-state index in [4.69, 9.17) is 0 Å². The van der Waals surface area contributed by atoms with Crippen molar-refractivity contribution < 1.29 is 14.7 Å². The van der Waals surface area contributed by atoms with E-state index in [2.05, 4.69) is 9.97 Å². The maximum absolute atomic E-state index is 12.4. The van der Waals surface area contributed by atoms with Crippen molar-refractivity contribution in [1.82, 2.24) is 9.97 Å². The van der Waals surface area contributed by atoms with Crippen LogP contribution in [0.1, 0.15) is 18.5 Å². The molecule has 0 aromatic carbocycles. The molecule has 1 amide bonds. The Bertz CT molecular complexity index is 757. The van der Waals surface area contributed by atoms with Gasteiger partial charge in [-0.05, 0) is 30.7 Å². The minimum absolute atomic E-state index is 0.0589. The van der Waals surface area contributed by atoms with Crippen LogP contribution in [-0.4, -0.2) is 26.8 Å². The minimum Gasteiger partial charge on any atom is -0.503 e. The summed E-state index contributed by atoms with van der Waals surface area (Å²) < 4.78 is 0. The third-order valence-corrected chi connectivity index (χ3v) is 3.48. The van der Waals surface area contributed by atoms with Crippen LogP contribution in [0.2, 0.25) is 0 Å². The fourth-order valence-corrected chi connectivity index (χ4v) is 2.55. The molecule has 3 heterocycles. The zero-order valence-corrected chi connectivity index (χ0v) is 11.8. The highest BCUT2D eigenvalue weighted by molar-refractivity contribution is 6.15. The van der Waals surface area contributed by atoms with Crippen LogP contribution in [0.15, 0.2) is 60.3 Å². The molecular weight excluding hydrogens is 282 g/mol. The largest absolute Gasteiger partial charge is 0.503 e. The molecule has 1 aliphatic heterocycles. The van der Waals surface area contributed by atoms with Crippen LogP contribution in [-0.2, 0) is 9.59 Å². The molecule has 3 rings (SSSR count). The highest BCUT2D eigenvalue weighted by atomic mass is 16.3. The maximum atomic E-state index is 12.4. The van der Waals surface area contributed by atoms with Crippen LogP contribution in [0.3, 0.4) is 0 Å². The highest BCUT2D eigenvalue weighted by Gasteiger charge is 2.43.